The van der Waals surface area contributed by atoms with Crippen LogP contribution in [0.4, 0.5) is 0 Å². The molecular formula is C13H15BrN2O2. The average Bonchev–Trinajstić information content (AvgIpc) is 2.71. The highest BCUT2D eigenvalue weighted by atomic mass is 79.9. The van der Waals surface area contributed by atoms with E-state index in [1.165, 1.54) is 0 Å². The smallest absolute Gasteiger partial charge is 0.228 e. The Bertz CT molecular complexity index is 525. The van der Waals surface area contributed by atoms with E-state index in [4.69, 9.17) is 4.63 Å². The Morgan fingerprint density at radius 1 is 1.39 bits per heavy atom. The second-order valence-electron chi connectivity index (χ2n) is 4.19. The number of nitrogens with zero attached hydrogens (tertiary/aromatic N) is 2. The summed E-state index contributed by atoms with van der Waals surface area (Å²) in [6.45, 7) is 2.14. The van der Waals surface area contributed by atoms with Crippen LogP contribution < -0.4 is 4.90 Å². The molecule has 4 nitrogen and oxygen atoms in total. The molecule has 18 heavy (non-hydrogen) atoms. The van der Waals surface area contributed by atoms with Crippen LogP contribution in [0.1, 0.15) is 31.9 Å². The molecule has 0 atom stereocenters. The van der Waals surface area contributed by atoms with Crippen molar-refractivity contribution in [3.05, 3.63) is 39.6 Å². The first-order chi connectivity index (χ1) is 8.72. The topological polar surface area (TPSA) is 53.0 Å². The molecule has 0 saturated heterocycles. The molecule has 2 rings (SSSR count). The van der Waals surface area contributed by atoms with Crippen molar-refractivity contribution in [2.45, 2.75) is 32.6 Å². The second-order valence-corrected chi connectivity index (χ2v) is 5.11. The normalized spacial score (nSPS) is 10.8. The van der Waals surface area contributed by atoms with Crippen molar-refractivity contribution in [3.63, 3.8) is 0 Å². The number of hydrogen-bond donors (Lipinski definition) is 0. The Hall–Kier alpha value is -1.36. The molecule has 0 unspecified atom stereocenters. The van der Waals surface area contributed by atoms with Gasteiger partial charge in [0.25, 0.3) is 0 Å². The molecule has 96 valence electrons. The van der Waals surface area contributed by atoms with Gasteiger partial charge in [-0.05, 0) is 23.5 Å². The van der Waals surface area contributed by atoms with Crippen LogP contribution in [0.3, 0.4) is 0 Å². The zero-order valence-electron chi connectivity index (χ0n) is 10.2. The van der Waals surface area contributed by atoms with E-state index in [1.807, 2.05) is 24.3 Å². The largest absolute Gasteiger partial charge is 0.359 e. The summed E-state index contributed by atoms with van der Waals surface area (Å²) in [5.41, 5.74) is 2.08. The quantitative estimate of drug-likeness (QED) is 0.627. The van der Waals surface area contributed by atoms with E-state index in [2.05, 4.69) is 28.0 Å². The van der Waals surface area contributed by atoms with Crippen molar-refractivity contribution < 1.29 is 9.53 Å². The van der Waals surface area contributed by atoms with Gasteiger partial charge in [-0.15, -0.1) is 0 Å². The lowest BCUT2D eigenvalue weighted by molar-refractivity contribution is -0.793. The number of aromatic nitrogens is 2. The third-order valence-electron chi connectivity index (χ3n) is 2.80. The molecule has 0 N–H and O–H groups in total. The molecule has 1 aromatic carbocycles. The van der Waals surface area contributed by atoms with Gasteiger partial charge in [0.05, 0.1) is 0 Å². The highest BCUT2D eigenvalue weighted by Crippen LogP contribution is 2.23. The number of halogens is 1. The monoisotopic (exact) mass is 310 g/mol. The molecule has 5 heteroatoms. The van der Waals surface area contributed by atoms with Crippen LogP contribution in [-0.4, -0.2) is 5.16 Å². The minimum absolute atomic E-state index is 0.489. The maximum atomic E-state index is 11.7. The predicted molar refractivity (Wildman–Crippen MR) is 71.8 cm³/mol. The Morgan fingerprint density at radius 3 is 2.94 bits per heavy atom. The summed E-state index contributed by atoms with van der Waals surface area (Å²) in [6, 6.07) is 7.59. The molecule has 0 saturated carbocycles. The van der Waals surface area contributed by atoms with Crippen LogP contribution in [0, 0.1) is 5.21 Å². The van der Waals surface area contributed by atoms with E-state index in [0.29, 0.717) is 10.6 Å². The van der Waals surface area contributed by atoms with Gasteiger partial charge in [0.15, 0.2) is 0 Å². The van der Waals surface area contributed by atoms with Crippen LogP contribution in [0.25, 0.3) is 11.3 Å². The van der Waals surface area contributed by atoms with Crippen LogP contribution in [0.2, 0.25) is 0 Å². The summed E-state index contributed by atoms with van der Waals surface area (Å²) in [4.78, 5) is 0.489. The second kappa shape index (κ2) is 6.00. The van der Waals surface area contributed by atoms with E-state index in [1.54, 1.807) is 0 Å². The fourth-order valence-corrected chi connectivity index (χ4v) is 2.29. The molecule has 2 aromatic rings. The van der Waals surface area contributed by atoms with Gasteiger partial charge < -0.3 is 5.21 Å². The average molecular weight is 311 g/mol. The molecule has 0 bridgehead atoms. The molecule has 0 fully saturated rings. The lowest BCUT2D eigenvalue weighted by Gasteiger charge is -1.99. The summed E-state index contributed by atoms with van der Waals surface area (Å²) < 4.78 is 5.65. The Balaban J connectivity index is 2.29. The fourth-order valence-electron chi connectivity index (χ4n) is 1.89. The van der Waals surface area contributed by atoms with Gasteiger partial charge in [-0.3, -0.25) is 4.63 Å². The van der Waals surface area contributed by atoms with Crippen molar-refractivity contribution in [1.29, 1.82) is 0 Å². The molecule has 0 aliphatic carbocycles. The molecule has 0 amide bonds. The van der Waals surface area contributed by atoms with Gasteiger partial charge in [-0.25, -0.2) is 0 Å². The van der Waals surface area contributed by atoms with Gasteiger partial charge in [0, 0.05) is 21.6 Å². The maximum absolute atomic E-state index is 11.7. The minimum Gasteiger partial charge on any atom is -0.359 e. The lowest BCUT2D eigenvalue weighted by Crippen LogP contribution is -2.25. The number of benzene rings is 1. The first-order valence-corrected chi connectivity index (χ1v) is 6.86. The Morgan fingerprint density at radius 2 is 2.22 bits per heavy atom. The van der Waals surface area contributed by atoms with Gasteiger partial charge in [0.2, 0.25) is 11.4 Å². The molecule has 0 radical (unpaired) electrons. The highest BCUT2D eigenvalue weighted by molar-refractivity contribution is 9.10. The molecule has 0 aliphatic rings. The molecule has 0 aliphatic heterocycles. The standard InChI is InChI=1S/C13H15BrN2O2/c1-2-3-4-8-12-13(16(17)18-15-12)10-6-5-7-11(14)9-10/h5-7,9H,2-4,8H2,1H3. The first-order valence-electron chi connectivity index (χ1n) is 6.07. The molecular weight excluding hydrogens is 296 g/mol. The molecule has 1 heterocycles. The third kappa shape index (κ3) is 2.90. The maximum Gasteiger partial charge on any atom is 0.228 e. The number of hydrogen-bond acceptors (Lipinski definition) is 3. The predicted octanol–water partition coefficient (Wildman–Crippen LogP) is 3.47. The van der Waals surface area contributed by atoms with Crippen molar-refractivity contribution in [1.82, 2.24) is 5.16 Å². The van der Waals surface area contributed by atoms with Gasteiger partial charge in [0.1, 0.15) is 0 Å². The summed E-state index contributed by atoms with van der Waals surface area (Å²) in [5, 5.41) is 15.5. The van der Waals surface area contributed by atoms with Crippen LogP contribution in [-0.2, 0) is 6.42 Å². The number of rotatable bonds is 5. The summed E-state index contributed by atoms with van der Waals surface area (Å²) in [7, 11) is 0. The van der Waals surface area contributed by atoms with Gasteiger partial charge >= 0.3 is 0 Å². The minimum atomic E-state index is 0.489. The lowest BCUT2D eigenvalue weighted by atomic mass is 10.1. The van der Waals surface area contributed by atoms with Gasteiger partial charge in [-0.1, -0.05) is 47.8 Å². The van der Waals surface area contributed by atoms with E-state index in [9.17, 15) is 5.21 Å². The molecule has 0 spiro atoms. The number of aryl methyl sites for hydroxylation is 1. The zero-order valence-corrected chi connectivity index (χ0v) is 11.8. The number of unbranched alkanes of at least 4 members (excludes halogenated alkanes) is 2. The Kier molecular flexibility index (Phi) is 4.36. The highest BCUT2D eigenvalue weighted by Gasteiger charge is 2.20. The Labute approximate surface area is 114 Å². The van der Waals surface area contributed by atoms with E-state index in [-0.39, 0.29) is 0 Å². The summed E-state index contributed by atoms with van der Waals surface area (Å²) in [6.07, 6.45) is 4.06. The van der Waals surface area contributed by atoms with E-state index in [0.717, 1.165) is 41.4 Å². The van der Waals surface area contributed by atoms with Crippen LogP contribution >= 0.6 is 15.9 Å². The van der Waals surface area contributed by atoms with Crippen molar-refractivity contribution in [3.8, 4) is 11.3 Å². The van der Waals surface area contributed by atoms with Crippen molar-refractivity contribution in [2.75, 3.05) is 0 Å². The fraction of sp³-hybridized carbons (Fsp3) is 0.385. The van der Waals surface area contributed by atoms with Crippen molar-refractivity contribution >= 4 is 15.9 Å². The van der Waals surface area contributed by atoms with Gasteiger partial charge in [-0.2, -0.15) is 0 Å². The first kappa shape index (κ1) is 13.1. The summed E-state index contributed by atoms with van der Waals surface area (Å²) in [5.74, 6) is 0. The van der Waals surface area contributed by atoms with Crippen molar-refractivity contribution in [2.24, 2.45) is 0 Å². The SMILES string of the molecule is CCCCCc1no[n+]([O-])c1-c1cccc(Br)c1. The zero-order chi connectivity index (χ0) is 13.0. The molecule has 1 aromatic heterocycles. The van der Waals surface area contributed by atoms with Crippen LogP contribution in [0.5, 0.6) is 0 Å². The van der Waals surface area contributed by atoms with E-state index >= 15 is 0 Å². The summed E-state index contributed by atoms with van der Waals surface area (Å²) >= 11 is 3.40. The van der Waals surface area contributed by atoms with E-state index < -0.39 is 0 Å². The van der Waals surface area contributed by atoms with Crippen LogP contribution in [0.15, 0.2) is 33.4 Å². The third-order valence-corrected chi connectivity index (χ3v) is 3.29.